The van der Waals surface area contributed by atoms with E-state index in [0.717, 1.165) is 29.7 Å². The first-order valence-corrected chi connectivity index (χ1v) is 7.10. The number of urea groups is 1. The Morgan fingerprint density at radius 3 is 2.14 bits per heavy atom. The molecule has 0 aliphatic carbocycles. The van der Waals surface area contributed by atoms with Gasteiger partial charge in [-0.25, -0.2) is 9.18 Å². The molecule has 2 N–H and O–H groups in total. The van der Waals surface area contributed by atoms with Crippen molar-refractivity contribution in [3.63, 3.8) is 0 Å². The van der Waals surface area contributed by atoms with Gasteiger partial charge >= 0.3 is 6.03 Å². The summed E-state index contributed by atoms with van der Waals surface area (Å²) in [5, 5.41) is 5.57. The molecule has 2 aromatic carbocycles. The summed E-state index contributed by atoms with van der Waals surface area (Å²) in [6, 6.07) is 13.6. The molecule has 0 fully saturated rings. The number of anilines is 1. The zero-order valence-electron chi connectivity index (χ0n) is 12.0. The Morgan fingerprint density at radius 2 is 1.57 bits per heavy atom. The fraction of sp³-hybridized carbons (Fsp3) is 0.235. The molecule has 0 saturated carbocycles. The molecule has 0 saturated heterocycles. The van der Waals surface area contributed by atoms with Crippen molar-refractivity contribution in [2.75, 3.05) is 11.9 Å². The van der Waals surface area contributed by atoms with Crippen molar-refractivity contribution in [3.8, 4) is 11.1 Å². The van der Waals surface area contributed by atoms with Crippen LogP contribution in [0.2, 0.25) is 0 Å². The van der Waals surface area contributed by atoms with Crippen LogP contribution in [0.5, 0.6) is 0 Å². The van der Waals surface area contributed by atoms with Crippen LogP contribution in [-0.4, -0.2) is 12.6 Å². The Morgan fingerprint density at radius 1 is 1.00 bits per heavy atom. The van der Waals surface area contributed by atoms with E-state index in [9.17, 15) is 9.18 Å². The molecular weight excluding hydrogens is 267 g/mol. The molecule has 0 atom stereocenters. The fourth-order valence-electron chi connectivity index (χ4n) is 1.94. The van der Waals surface area contributed by atoms with E-state index >= 15 is 0 Å². The second-order valence-corrected chi connectivity index (χ2v) is 4.82. The number of amides is 2. The van der Waals surface area contributed by atoms with E-state index in [4.69, 9.17) is 0 Å². The summed E-state index contributed by atoms with van der Waals surface area (Å²) in [6.45, 7) is 2.75. The lowest BCUT2D eigenvalue weighted by Crippen LogP contribution is -2.29. The number of carbonyl (C=O) groups is 1. The van der Waals surface area contributed by atoms with Crippen molar-refractivity contribution in [1.29, 1.82) is 0 Å². The van der Waals surface area contributed by atoms with Crippen molar-refractivity contribution in [2.45, 2.75) is 19.8 Å². The summed E-state index contributed by atoms with van der Waals surface area (Å²) in [4.78, 5) is 11.6. The Balaban J connectivity index is 1.95. The predicted octanol–water partition coefficient (Wildman–Crippen LogP) is 4.41. The summed E-state index contributed by atoms with van der Waals surface area (Å²) in [7, 11) is 0. The van der Waals surface area contributed by atoms with Gasteiger partial charge in [-0.1, -0.05) is 37.6 Å². The maximum absolute atomic E-state index is 12.9. The molecule has 2 aromatic rings. The minimum absolute atomic E-state index is 0.196. The van der Waals surface area contributed by atoms with Gasteiger partial charge in [0.1, 0.15) is 5.82 Å². The largest absolute Gasteiger partial charge is 0.338 e. The van der Waals surface area contributed by atoms with E-state index in [-0.39, 0.29) is 11.8 Å². The van der Waals surface area contributed by atoms with E-state index < -0.39 is 0 Å². The highest BCUT2D eigenvalue weighted by atomic mass is 19.1. The van der Waals surface area contributed by atoms with Crippen LogP contribution in [0.25, 0.3) is 11.1 Å². The lowest BCUT2D eigenvalue weighted by molar-refractivity contribution is 0.252. The number of nitrogens with one attached hydrogen (secondary N) is 2. The summed E-state index contributed by atoms with van der Waals surface area (Å²) in [6.07, 6.45) is 2.02. The predicted molar refractivity (Wildman–Crippen MR) is 83.8 cm³/mol. The quantitative estimate of drug-likeness (QED) is 0.785. The molecule has 2 rings (SSSR count). The third-order valence-electron chi connectivity index (χ3n) is 3.14. The summed E-state index contributed by atoms with van der Waals surface area (Å²) >= 11 is 0. The Hall–Kier alpha value is -2.36. The van der Waals surface area contributed by atoms with Crippen molar-refractivity contribution < 1.29 is 9.18 Å². The van der Waals surface area contributed by atoms with Gasteiger partial charge in [0.2, 0.25) is 0 Å². The van der Waals surface area contributed by atoms with Gasteiger partial charge in [0.25, 0.3) is 0 Å². The van der Waals surface area contributed by atoms with Crippen molar-refractivity contribution in [3.05, 3.63) is 54.3 Å². The lowest BCUT2D eigenvalue weighted by atomic mass is 10.1. The number of rotatable bonds is 5. The van der Waals surface area contributed by atoms with Crippen molar-refractivity contribution in [2.24, 2.45) is 0 Å². The van der Waals surface area contributed by atoms with Crippen molar-refractivity contribution in [1.82, 2.24) is 5.32 Å². The van der Waals surface area contributed by atoms with Gasteiger partial charge in [0, 0.05) is 12.2 Å². The van der Waals surface area contributed by atoms with Gasteiger partial charge in [-0.3, -0.25) is 0 Å². The number of carbonyl (C=O) groups excluding carboxylic acids is 1. The highest BCUT2D eigenvalue weighted by molar-refractivity contribution is 5.89. The molecule has 0 aliphatic heterocycles. The van der Waals surface area contributed by atoms with E-state index in [2.05, 4.69) is 17.6 Å². The van der Waals surface area contributed by atoms with E-state index in [1.807, 2.05) is 24.3 Å². The van der Waals surface area contributed by atoms with Gasteiger partial charge in [-0.15, -0.1) is 0 Å². The lowest BCUT2D eigenvalue weighted by Gasteiger charge is -2.08. The standard InChI is InChI=1S/C17H19FN2O/c1-2-3-12-19-17(21)20-16-10-6-14(7-11-16)13-4-8-15(18)9-5-13/h4-11H,2-3,12H2,1H3,(H2,19,20,21). The number of unbranched alkanes of at least 4 members (excludes halogenated alkanes) is 1. The van der Waals surface area contributed by atoms with Gasteiger partial charge in [-0.2, -0.15) is 0 Å². The Kier molecular flexibility index (Phi) is 5.32. The Labute approximate surface area is 124 Å². The third kappa shape index (κ3) is 4.60. The van der Waals surface area contributed by atoms with Crippen molar-refractivity contribution >= 4 is 11.7 Å². The maximum atomic E-state index is 12.9. The molecule has 21 heavy (non-hydrogen) atoms. The average Bonchev–Trinajstić information content (AvgIpc) is 2.49. The topological polar surface area (TPSA) is 41.1 Å². The van der Waals surface area contributed by atoms with Gasteiger partial charge < -0.3 is 10.6 Å². The van der Waals surface area contributed by atoms with Crippen LogP contribution < -0.4 is 10.6 Å². The molecule has 2 amide bonds. The van der Waals surface area contributed by atoms with Crippen LogP contribution in [0.15, 0.2) is 48.5 Å². The molecule has 3 nitrogen and oxygen atoms in total. The Bertz CT molecular complexity index is 579. The summed E-state index contributed by atoms with van der Waals surface area (Å²) < 4.78 is 12.9. The van der Waals surface area contributed by atoms with Crippen LogP contribution in [0.4, 0.5) is 14.9 Å². The van der Waals surface area contributed by atoms with Gasteiger partial charge in [0.15, 0.2) is 0 Å². The molecule has 0 radical (unpaired) electrons. The zero-order valence-corrected chi connectivity index (χ0v) is 12.0. The molecule has 110 valence electrons. The fourth-order valence-corrected chi connectivity index (χ4v) is 1.94. The maximum Gasteiger partial charge on any atom is 0.319 e. The second-order valence-electron chi connectivity index (χ2n) is 4.82. The van der Waals surface area contributed by atoms with Crippen LogP contribution in [0, 0.1) is 5.82 Å². The molecule has 0 aliphatic rings. The second kappa shape index (κ2) is 7.43. The van der Waals surface area contributed by atoms with Crippen LogP contribution in [-0.2, 0) is 0 Å². The SMILES string of the molecule is CCCCNC(=O)Nc1ccc(-c2ccc(F)cc2)cc1. The van der Waals surface area contributed by atoms with E-state index in [1.54, 1.807) is 12.1 Å². The third-order valence-corrected chi connectivity index (χ3v) is 3.14. The van der Waals surface area contributed by atoms with E-state index in [1.165, 1.54) is 12.1 Å². The zero-order chi connectivity index (χ0) is 15.1. The average molecular weight is 286 g/mol. The smallest absolute Gasteiger partial charge is 0.319 e. The monoisotopic (exact) mass is 286 g/mol. The molecular formula is C17H19FN2O. The number of benzene rings is 2. The molecule has 0 heterocycles. The molecule has 0 bridgehead atoms. The molecule has 0 spiro atoms. The minimum atomic E-state index is -0.249. The minimum Gasteiger partial charge on any atom is -0.338 e. The van der Waals surface area contributed by atoms with Crippen LogP contribution in [0.1, 0.15) is 19.8 Å². The number of hydrogen-bond acceptors (Lipinski definition) is 1. The first-order valence-electron chi connectivity index (χ1n) is 7.10. The van der Waals surface area contributed by atoms with Crippen LogP contribution in [0.3, 0.4) is 0 Å². The highest BCUT2D eigenvalue weighted by Crippen LogP contribution is 2.21. The van der Waals surface area contributed by atoms with Gasteiger partial charge in [0.05, 0.1) is 0 Å². The molecule has 0 unspecified atom stereocenters. The molecule has 0 aromatic heterocycles. The summed E-state index contributed by atoms with van der Waals surface area (Å²) in [5.41, 5.74) is 2.65. The number of halogens is 1. The highest BCUT2D eigenvalue weighted by Gasteiger charge is 2.02. The first kappa shape index (κ1) is 15.0. The van der Waals surface area contributed by atoms with Crippen LogP contribution >= 0.6 is 0 Å². The van der Waals surface area contributed by atoms with Gasteiger partial charge in [-0.05, 0) is 41.8 Å². The normalized spacial score (nSPS) is 10.2. The van der Waals surface area contributed by atoms with E-state index in [0.29, 0.717) is 6.54 Å². The first-order chi connectivity index (χ1) is 10.2. The summed E-state index contributed by atoms with van der Waals surface area (Å²) in [5.74, 6) is -0.249. The molecule has 4 heteroatoms. The number of hydrogen-bond donors (Lipinski definition) is 2.